The first kappa shape index (κ1) is 22.4. The van der Waals surface area contributed by atoms with Crippen LogP contribution in [0.5, 0.6) is 5.75 Å². The second-order valence-corrected chi connectivity index (χ2v) is 7.81. The van der Waals surface area contributed by atoms with Gasteiger partial charge in [0.15, 0.2) is 0 Å². The third kappa shape index (κ3) is 4.69. The van der Waals surface area contributed by atoms with Crippen LogP contribution >= 0.6 is 23.2 Å². The van der Waals surface area contributed by atoms with E-state index in [1.54, 1.807) is 79.9 Å². The number of carbonyl (C=O) groups excluding carboxylic acids is 3. The van der Waals surface area contributed by atoms with Gasteiger partial charge in [0, 0.05) is 22.0 Å². The lowest BCUT2D eigenvalue weighted by molar-refractivity contribution is -0.120. The highest BCUT2D eigenvalue weighted by molar-refractivity contribution is 6.53. The molecule has 0 atom stereocenters. The average Bonchev–Trinajstić information content (AvgIpc) is 3.04. The SMILES string of the molecule is COc1ccc(NC(=O)c2ccc(NC3=C(Cl)C(=O)N(c4ccc(Cl)cc4)C3=O)cc2)cc1. The number of nitrogens with one attached hydrogen (secondary N) is 2. The largest absolute Gasteiger partial charge is 0.497 e. The predicted molar refractivity (Wildman–Crippen MR) is 128 cm³/mol. The Bertz CT molecular complexity index is 1250. The summed E-state index contributed by atoms with van der Waals surface area (Å²) >= 11 is 12.0. The molecule has 1 aliphatic heterocycles. The van der Waals surface area contributed by atoms with Gasteiger partial charge in [-0.05, 0) is 72.8 Å². The molecular formula is C24H17Cl2N3O4. The molecule has 0 saturated carbocycles. The zero-order chi connectivity index (χ0) is 23.5. The molecular weight excluding hydrogens is 465 g/mol. The van der Waals surface area contributed by atoms with Crippen molar-refractivity contribution in [2.75, 3.05) is 22.6 Å². The van der Waals surface area contributed by atoms with Crippen LogP contribution in [-0.4, -0.2) is 24.8 Å². The van der Waals surface area contributed by atoms with E-state index < -0.39 is 11.8 Å². The standard InChI is InChI=1S/C24H17Cl2N3O4/c1-33-19-12-8-17(9-13-19)28-22(30)14-2-6-16(7-3-14)27-21-20(26)23(31)29(24(21)32)18-10-4-15(25)5-11-18/h2-13,27H,1H3,(H,28,30). The Kier molecular flexibility index (Phi) is 6.35. The second-order valence-electron chi connectivity index (χ2n) is 7.00. The summed E-state index contributed by atoms with van der Waals surface area (Å²) in [5.74, 6) is -0.841. The number of rotatable bonds is 6. The number of anilines is 3. The summed E-state index contributed by atoms with van der Waals surface area (Å²) in [5, 5.41) is 5.92. The molecule has 1 aliphatic rings. The molecule has 4 rings (SSSR count). The maximum Gasteiger partial charge on any atom is 0.283 e. The third-order valence-electron chi connectivity index (χ3n) is 4.88. The number of methoxy groups -OCH3 is 1. The highest BCUT2D eigenvalue weighted by atomic mass is 35.5. The van der Waals surface area contributed by atoms with E-state index in [0.29, 0.717) is 33.4 Å². The topological polar surface area (TPSA) is 87.7 Å². The maximum absolute atomic E-state index is 12.8. The highest BCUT2D eigenvalue weighted by Crippen LogP contribution is 2.30. The number of ether oxygens (including phenoxy) is 1. The third-order valence-corrected chi connectivity index (χ3v) is 5.48. The number of halogens is 2. The van der Waals surface area contributed by atoms with Crippen LogP contribution in [-0.2, 0) is 9.59 Å². The van der Waals surface area contributed by atoms with E-state index in [9.17, 15) is 14.4 Å². The first-order valence-corrected chi connectivity index (χ1v) is 10.5. The van der Waals surface area contributed by atoms with Crippen molar-refractivity contribution >= 4 is 58.0 Å². The van der Waals surface area contributed by atoms with E-state index in [4.69, 9.17) is 27.9 Å². The van der Waals surface area contributed by atoms with Crippen LogP contribution in [0.3, 0.4) is 0 Å². The molecule has 0 aromatic heterocycles. The van der Waals surface area contributed by atoms with Crippen LogP contribution < -0.4 is 20.3 Å². The number of carbonyl (C=O) groups is 3. The minimum absolute atomic E-state index is 0.0490. The van der Waals surface area contributed by atoms with E-state index in [-0.39, 0.29) is 16.6 Å². The zero-order valence-corrected chi connectivity index (χ0v) is 18.8. The summed E-state index contributed by atoms with van der Waals surface area (Å²) in [6, 6.07) is 19.6. The molecule has 0 spiro atoms. The Hall–Kier alpha value is -3.81. The Labute approximate surface area is 199 Å². The lowest BCUT2D eigenvalue weighted by Gasteiger charge is -2.15. The molecule has 3 amide bonds. The fourth-order valence-electron chi connectivity index (χ4n) is 3.16. The van der Waals surface area contributed by atoms with Gasteiger partial charge >= 0.3 is 0 Å². The number of amides is 3. The molecule has 2 N–H and O–H groups in total. The summed E-state index contributed by atoms with van der Waals surface area (Å²) < 4.78 is 5.10. The lowest BCUT2D eigenvalue weighted by Crippen LogP contribution is -2.32. The molecule has 166 valence electrons. The summed E-state index contributed by atoms with van der Waals surface area (Å²) in [5.41, 5.74) is 1.83. The first-order valence-electron chi connectivity index (χ1n) is 9.74. The molecule has 0 aliphatic carbocycles. The summed E-state index contributed by atoms with van der Waals surface area (Å²) in [6.45, 7) is 0. The van der Waals surface area contributed by atoms with Crippen molar-refractivity contribution in [2.45, 2.75) is 0 Å². The number of hydrogen-bond acceptors (Lipinski definition) is 5. The molecule has 33 heavy (non-hydrogen) atoms. The molecule has 0 radical (unpaired) electrons. The quantitative estimate of drug-likeness (QED) is 0.481. The molecule has 0 fully saturated rings. The second kappa shape index (κ2) is 9.36. The molecule has 0 bridgehead atoms. The molecule has 3 aromatic rings. The van der Waals surface area contributed by atoms with Gasteiger partial charge in [0.25, 0.3) is 17.7 Å². The van der Waals surface area contributed by atoms with E-state index >= 15 is 0 Å². The first-order chi connectivity index (χ1) is 15.9. The number of hydrogen-bond donors (Lipinski definition) is 2. The van der Waals surface area contributed by atoms with Crippen LogP contribution in [0.2, 0.25) is 5.02 Å². The molecule has 9 heteroatoms. The van der Waals surface area contributed by atoms with Gasteiger partial charge in [-0.25, -0.2) is 4.90 Å². The summed E-state index contributed by atoms with van der Waals surface area (Å²) in [7, 11) is 1.57. The Morgan fingerprint density at radius 1 is 0.818 bits per heavy atom. The molecule has 1 heterocycles. The van der Waals surface area contributed by atoms with Gasteiger partial charge in [-0.1, -0.05) is 23.2 Å². The normalized spacial score (nSPS) is 13.4. The van der Waals surface area contributed by atoms with Gasteiger partial charge in [0.05, 0.1) is 12.8 Å². The highest BCUT2D eigenvalue weighted by Gasteiger charge is 2.38. The average molecular weight is 482 g/mol. The van der Waals surface area contributed by atoms with Gasteiger partial charge in [-0.3, -0.25) is 14.4 Å². The van der Waals surface area contributed by atoms with Crippen molar-refractivity contribution in [3.63, 3.8) is 0 Å². The van der Waals surface area contributed by atoms with Gasteiger partial charge in [-0.15, -0.1) is 0 Å². The van der Waals surface area contributed by atoms with Crippen molar-refractivity contribution in [3.05, 3.63) is 94.1 Å². The number of imide groups is 1. The van der Waals surface area contributed by atoms with Gasteiger partial charge < -0.3 is 15.4 Å². The van der Waals surface area contributed by atoms with Gasteiger partial charge in [-0.2, -0.15) is 0 Å². The van der Waals surface area contributed by atoms with Crippen LogP contribution in [0, 0.1) is 0 Å². The van der Waals surface area contributed by atoms with Crippen LogP contribution in [0.25, 0.3) is 0 Å². The molecule has 7 nitrogen and oxygen atoms in total. The Morgan fingerprint density at radius 3 is 2.03 bits per heavy atom. The summed E-state index contributed by atoms with van der Waals surface area (Å²) in [6.07, 6.45) is 0. The van der Waals surface area contributed by atoms with Crippen molar-refractivity contribution in [2.24, 2.45) is 0 Å². The van der Waals surface area contributed by atoms with Crippen molar-refractivity contribution in [1.82, 2.24) is 0 Å². The van der Waals surface area contributed by atoms with E-state index in [1.165, 1.54) is 0 Å². The fraction of sp³-hybridized carbons (Fsp3) is 0.0417. The summed E-state index contributed by atoms with van der Waals surface area (Å²) in [4.78, 5) is 38.8. The predicted octanol–water partition coefficient (Wildman–Crippen LogP) is 5.04. The van der Waals surface area contributed by atoms with Crippen LogP contribution in [0.1, 0.15) is 10.4 Å². The van der Waals surface area contributed by atoms with Crippen LogP contribution in [0.4, 0.5) is 17.1 Å². The van der Waals surface area contributed by atoms with E-state index in [0.717, 1.165) is 4.90 Å². The minimum atomic E-state index is -0.637. The minimum Gasteiger partial charge on any atom is -0.497 e. The van der Waals surface area contributed by atoms with Crippen molar-refractivity contribution < 1.29 is 19.1 Å². The number of nitrogens with zero attached hydrogens (tertiary/aromatic N) is 1. The zero-order valence-electron chi connectivity index (χ0n) is 17.3. The molecule has 0 unspecified atom stereocenters. The van der Waals surface area contributed by atoms with Crippen molar-refractivity contribution in [1.29, 1.82) is 0 Å². The van der Waals surface area contributed by atoms with E-state index in [1.807, 2.05) is 0 Å². The smallest absolute Gasteiger partial charge is 0.283 e. The van der Waals surface area contributed by atoms with Gasteiger partial charge in [0.1, 0.15) is 16.5 Å². The van der Waals surface area contributed by atoms with Crippen LogP contribution in [0.15, 0.2) is 83.5 Å². The van der Waals surface area contributed by atoms with E-state index in [2.05, 4.69) is 10.6 Å². The van der Waals surface area contributed by atoms with Gasteiger partial charge in [0.2, 0.25) is 0 Å². The fourth-order valence-corrected chi connectivity index (χ4v) is 3.50. The monoisotopic (exact) mass is 481 g/mol. The number of benzene rings is 3. The maximum atomic E-state index is 12.8. The Balaban J connectivity index is 1.45. The molecule has 3 aromatic carbocycles. The Morgan fingerprint density at radius 2 is 1.42 bits per heavy atom. The van der Waals surface area contributed by atoms with Crippen molar-refractivity contribution in [3.8, 4) is 5.75 Å². The molecule has 0 saturated heterocycles. The lowest BCUT2D eigenvalue weighted by atomic mass is 10.2.